The van der Waals surface area contributed by atoms with Crippen molar-refractivity contribution in [2.75, 3.05) is 0 Å². The Morgan fingerprint density at radius 1 is 1.00 bits per heavy atom. The fraction of sp³-hybridized carbons (Fsp3) is 0.161. The van der Waals surface area contributed by atoms with E-state index in [-0.39, 0.29) is 5.88 Å². The van der Waals surface area contributed by atoms with Crippen molar-refractivity contribution >= 4 is 16.7 Å². The van der Waals surface area contributed by atoms with Crippen LogP contribution < -0.4 is 19.9 Å². The van der Waals surface area contributed by atoms with Crippen LogP contribution >= 0.6 is 0 Å². The SMILES string of the molecule is CCc1ccc(OC(C)C(=O)Oc2ccc3c(c2)OC(N)=C(C#N)C3c2cccc3ccccc23)cc1. The first-order valence-electron chi connectivity index (χ1n) is 12.1. The van der Waals surface area contributed by atoms with E-state index < -0.39 is 18.0 Å². The monoisotopic (exact) mass is 490 g/mol. The topological polar surface area (TPSA) is 94.6 Å². The number of aryl methyl sites for hydroxylation is 1. The third-order valence-electron chi connectivity index (χ3n) is 6.52. The summed E-state index contributed by atoms with van der Waals surface area (Å²) in [5, 5.41) is 12.0. The van der Waals surface area contributed by atoms with Gasteiger partial charge in [0.15, 0.2) is 6.10 Å². The van der Waals surface area contributed by atoms with Gasteiger partial charge in [0, 0.05) is 11.6 Å². The van der Waals surface area contributed by atoms with E-state index in [9.17, 15) is 10.1 Å². The molecule has 6 heteroatoms. The molecule has 0 amide bonds. The smallest absolute Gasteiger partial charge is 0.352 e. The summed E-state index contributed by atoms with van der Waals surface area (Å²) in [6, 6.07) is 28.9. The summed E-state index contributed by atoms with van der Waals surface area (Å²) < 4.78 is 17.2. The molecule has 37 heavy (non-hydrogen) atoms. The van der Waals surface area contributed by atoms with Crippen LogP contribution in [0.1, 0.15) is 36.5 Å². The molecule has 0 saturated heterocycles. The third-order valence-corrected chi connectivity index (χ3v) is 6.52. The molecule has 2 N–H and O–H groups in total. The number of carbonyl (C=O) groups is 1. The van der Waals surface area contributed by atoms with Crippen molar-refractivity contribution in [2.24, 2.45) is 5.73 Å². The highest BCUT2D eigenvalue weighted by Gasteiger charge is 2.32. The molecule has 184 valence electrons. The number of allylic oxidation sites excluding steroid dienone is 1. The second-order valence-electron chi connectivity index (χ2n) is 8.87. The van der Waals surface area contributed by atoms with Crippen LogP contribution in [0.3, 0.4) is 0 Å². The van der Waals surface area contributed by atoms with Gasteiger partial charge in [0.05, 0.1) is 5.92 Å². The third kappa shape index (κ3) is 4.72. The van der Waals surface area contributed by atoms with E-state index in [1.54, 1.807) is 19.1 Å². The average molecular weight is 491 g/mol. The van der Waals surface area contributed by atoms with Gasteiger partial charge in [0.1, 0.15) is 28.9 Å². The Balaban J connectivity index is 1.42. The fourth-order valence-corrected chi connectivity index (χ4v) is 4.58. The zero-order chi connectivity index (χ0) is 25.9. The molecule has 0 fully saturated rings. The molecule has 0 bridgehead atoms. The lowest BCUT2D eigenvalue weighted by Gasteiger charge is -2.27. The van der Waals surface area contributed by atoms with Gasteiger partial charge >= 0.3 is 5.97 Å². The van der Waals surface area contributed by atoms with Crippen LogP contribution in [0.4, 0.5) is 0 Å². The summed E-state index contributed by atoms with van der Waals surface area (Å²) in [4.78, 5) is 12.7. The minimum atomic E-state index is -0.817. The summed E-state index contributed by atoms with van der Waals surface area (Å²) in [6.07, 6.45) is 0.109. The van der Waals surface area contributed by atoms with Gasteiger partial charge in [0.25, 0.3) is 0 Å². The van der Waals surface area contributed by atoms with Crippen molar-refractivity contribution in [2.45, 2.75) is 32.3 Å². The first kappa shape index (κ1) is 24.0. The van der Waals surface area contributed by atoms with E-state index in [0.717, 1.165) is 28.3 Å². The molecule has 1 aliphatic rings. The van der Waals surface area contributed by atoms with Crippen LogP contribution in [0.25, 0.3) is 10.8 Å². The highest BCUT2D eigenvalue weighted by molar-refractivity contribution is 5.87. The van der Waals surface area contributed by atoms with Gasteiger partial charge in [-0.25, -0.2) is 4.79 Å². The fourth-order valence-electron chi connectivity index (χ4n) is 4.58. The van der Waals surface area contributed by atoms with Crippen molar-refractivity contribution in [3.8, 4) is 23.3 Å². The molecular formula is C31H26N2O4. The highest BCUT2D eigenvalue weighted by atomic mass is 16.6. The standard InChI is InChI=1S/C31H26N2O4/c1-3-20-11-13-22(14-12-20)35-19(2)31(34)36-23-15-16-26-28(17-23)37-30(33)27(18-32)29(26)25-10-6-8-21-7-4-5-9-24(21)25/h4-17,19,29H,3,33H2,1-2H3. The number of nitriles is 1. The molecule has 6 nitrogen and oxygen atoms in total. The predicted octanol–water partition coefficient (Wildman–Crippen LogP) is 5.99. The van der Waals surface area contributed by atoms with E-state index in [2.05, 4.69) is 13.0 Å². The van der Waals surface area contributed by atoms with Gasteiger partial charge in [-0.1, -0.05) is 67.6 Å². The number of benzene rings is 4. The Kier molecular flexibility index (Phi) is 6.53. The number of esters is 1. The number of carbonyl (C=O) groups excluding carboxylic acids is 1. The second-order valence-corrected chi connectivity index (χ2v) is 8.87. The molecule has 1 aliphatic heterocycles. The zero-order valence-electron chi connectivity index (χ0n) is 20.6. The van der Waals surface area contributed by atoms with Crippen molar-refractivity contribution in [1.82, 2.24) is 0 Å². The second kappa shape index (κ2) is 10.1. The molecule has 1 heterocycles. The zero-order valence-corrected chi connectivity index (χ0v) is 20.6. The van der Waals surface area contributed by atoms with Crippen molar-refractivity contribution in [1.29, 1.82) is 5.26 Å². The lowest BCUT2D eigenvalue weighted by Crippen LogP contribution is -2.28. The van der Waals surface area contributed by atoms with Crippen molar-refractivity contribution < 1.29 is 19.0 Å². The van der Waals surface area contributed by atoms with Crippen molar-refractivity contribution in [3.05, 3.63) is 113 Å². The van der Waals surface area contributed by atoms with Gasteiger partial charge in [-0.05, 0) is 53.4 Å². The Morgan fingerprint density at radius 2 is 1.73 bits per heavy atom. The van der Waals surface area contributed by atoms with Gasteiger partial charge in [-0.15, -0.1) is 0 Å². The summed E-state index contributed by atoms with van der Waals surface area (Å²) in [5.41, 5.74) is 9.43. The van der Waals surface area contributed by atoms with Crippen LogP contribution in [-0.2, 0) is 11.2 Å². The van der Waals surface area contributed by atoms with Crippen LogP contribution in [0.5, 0.6) is 17.2 Å². The molecule has 4 aromatic rings. The minimum Gasteiger partial charge on any atom is -0.479 e. The van der Waals surface area contributed by atoms with Gasteiger partial charge in [-0.3, -0.25) is 0 Å². The summed E-state index contributed by atoms with van der Waals surface area (Å²) in [5.74, 6) is 0.396. The summed E-state index contributed by atoms with van der Waals surface area (Å²) in [7, 11) is 0. The number of fused-ring (bicyclic) bond motifs is 2. The molecule has 0 saturated carbocycles. The van der Waals surface area contributed by atoms with E-state index in [1.807, 2.05) is 72.8 Å². The molecule has 0 aromatic heterocycles. The number of hydrogen-bond acceptors (Lipinski definition) is 6. The normalized spacial score (nSPS) is 15.3. The Hall–Kier alpha value is -4.76. The Bertz CT molecular complexity index is 1540. The van der Waals surface area contributed by atoms with Crippen molar-refractivity contribution in [3.63, 3.8) is 0 Å². The summed E-state index contributed by atoms with van der Waals surface area (Å²) in [6.45, 7) is 3.72. The predicted molar refractivity (Wildman–Crippen MR) is 141 cm³/mol. The number of nitrogens with zero attached hydrogens (tertiary/aromatic N) is 1. The van der Waals surface area contributed by atoms with Gasteiger partial charge < -0.3 is 19.9 Å². The summed E-state index contributed by atoms with van der Waals surface area (Å²) >= 11 is 0. The molecule has 0 spiro atoms. The quantitative estimate of drug-likeness (QED) is 0.263. The largest absolute Gasteiger partial charge is 0.479 e. The van der Waals surface area contributed by atoms with Crippen LogP contribution in [0.2, 0.25) is 0 Å². The first-order chi connectivity index (χ1) is 18.0. The lowest BCUT2D eigenvalue weighted by molar-refractivity contribution is -0.141. The highest BCUT2D eigenvalue weighted by Crippen LogP contribution is 2.45. The Morgan fingerprint density at radius 3 is 2.49 bits per heavy atom. The molecular weight excluding hydrogens is 464 g/mol. The first-order valence-corrected chi connectivity index (χ1v) is 12.1. The molecule has 0 radical (unpaired) electrons. The molecule has 2 unspecified atom stereocenters. The maximum Gasteiger partial charge on any atom is 0.352 e. The van der Waals surface area contributed by atoms with E-state index in [0.29, 0.717) is 22.8 Å². The van der Waals surface area contributed by atoms with Crippen LogP contribution in [-0.4, -0.2) is 12.1 Å². The Labute approximate surface area is 215 Å². The molecule has 4 aromatic carbocycles. The molecule has 2 atom stereocenters. The van der Waals surface area contributed by atoms with Gasteiger partial charge in [0.2, 0.25) is 5.88 Å². The van der Waals surface area contributed by atoms with E-state index in [1.165, 1.54) is 5.56 Å². The van der Waals surface area contributed by atoms with Crippen LogP contribution in [0.15, 0.2) is 96.4 Å². The lowest BCUT2D eigenvalue weighted by atomic mass is 9.81. The average Bonchev–Trinajstić information content (AvgIpc) is 2.92. The molecule has 0 aliphatic carbocycles. The maximum absolute atomic E-state index is 12.7. The van der Waals surface area contributed by atoms with E-state index in [4.69, 9.17) is 19.9 Å². The van der Waals surface area contributed by atoms with Crippen LogP contribution in [0, 0.1) is 11.3 Å². The minimum absolute atomic E-state index is 0.0311. The number of nitrogens with two attached hydrogens (primary N) is 1. The number of rotatable bonds is 6. The number of ether oxygens (including phenoxy) is 3. The van der Waals surface area contributed by atoms with Gasteiger partial charge in [-0.2, -0.15) is 5.26 Å². The number of hydrogen-bond donors (Lipinski definition) is 1. The van der Waals surface area contributed by atoms with E-state index >= 15 is 0 Å². The maximum atomic E-state index is 12.7. The molecule has 5 rings (SSSR count).